The lowest BCUT2D eigenvalue weighted by Crippen LogP contribution is -2.63. The van der Waals surface area contributed by atoms with Crippen LogP contribution in [0.2, 0.25) is 0 Å². The summed E-state index contributed by atoms with van der Waals surface area (Å²) in [5.74, 6) is -0.632. The summed E-state index contributed by atoms with van der Waals surface area (Å²) < 4.78 is 6.32. The Morgan fingerprint density at radius 3 is 2.71 bits per heavy atom. The van der Waals surface area contributed by atoms with Crippen LogP contribution in [0.15, 0.2) is 41.8 Å². The number of ketones is 1. The lowest BCUT2D eigenvalue weighted by Gasteiger charge is -2.61. The number of esters is 1. The fourth-order valence-electron chi connectivity index (χ4n) is 7.98. The van der Waals surface area contributed by atoms with Gasteiger partial charge in [0.05, 0.1) is 18.5 Å². The van der Waals surface area contributed by atoms with Crippen LogP contribution >= 0.6 is 11.8 Å². The normalized spacial score (nSPS) is 37.3. The fraction of sp³-hybridized carbons (Fsp3) is 0.656. The van der Waals surface area contributed by atoms with Crippen LogP contribution in [0, 0.1) is 34.0 Å². The van der Waals surface area contributed by atoms with Gasteiger partial charge in [0.1, 0.15) is 17.9 Å². The molecule has 1 aromatic rings. The van der Waals surface area contributed by atoms with Gasteiger partial charge >= 0.3 is 5.97 Å². The van der Waals surface area contributed by atoms with Gasteiger partial charge in [-0.25, -0.2) is 0 Å². The van der Waals surface area contributed by atoms with Gasteiger partial charge < -0.3 is 26.0 Å². The minimum absolute atomic E-state index is 0.0718. The first-order valence-electron chi connectivity index (χ1n) is 14.7. The van der Waals surface area contributed by atoms with E-state index < -0.39 is 41.6 Å². The lowest BCUT2D eigenvalue weighted by atomic mass is 9.44. The summed E-state index contributed by atoms with van der Waals surface area (Å²) in [5, 5.41) is 23.4. The van der Waals surface area contributed by atoms with Crippen LogP contribution < -0.4 is 11.1 Å². The van der Waals surface area contributed by atoms with E-state index in [4.69, 9.17) is 15.6 Å². The molecular weight excluding hydrogens is 540 g/mol. The first-order valence-corrected chi connectivity index (χ1v) is 15.7. The van der Waals surface area contributed by atoms with Gasteiger partial charge in [0.2, 0.25) is 5.91 Å². The van der Waals surface area contributed by atoms with Crippen molar-refractivity contribution in [2.24, 2.45) is 39.7 Å². The van der Waals surface area contributed by atoms with Crippen molar-refractivity contribution in [3.8, 4) is 0 Å². The molecule has 3 unspecified atom stereocenters. The second-order valence-corrected chi connectivity index (χ2v) is 14.1. The van der Waals surface area contributed by atoms with E-state index in [0.29, 0.717) is 12.8 Å². The van der Waals surface area contributed by atoms with Crippen molar-refractivity contribution in [2.75, 3.05) is 12.4 Å². The molecule has 226 valence electrons. The van der Waals surface area contributed by atoms with E-state index in [1.807, 2.05) is 31.2 Å². The largest absolute Gasteiger partial charge is 0.461 e. The van der Waals surface area contributed by atoms with Crippen molar-refractivity contribution in [1.29, 1.82) is 0 Å². The molecule has 0 radical (unpaired) electrons. The molecule has 9 atom stereocenters. The van der Waals surface area contributed by atoms with Gasteiger partial charge in [-0.1, -0.05) is 45.9 Å². The Morgan fingerprint density at radius 1 is 1.29 bits per heavy atom. The molecule has 4 rings (SSSR count). The number of rotatable bonds is 9. The molecule has 0 aliphatic heterocycles. The van der Waals surface area contributed by atoms with Crippen molar-refractivity contribution in [1.82, 2.24) is 5.32 Å². The molecule has 41 heavy (non-hydrogen) atoms. The zero-order valence-electron chi connectivity index (χ0n) is 24.7. The highest BCUT2D eigenvalue weighted by atomic mass is 32.2. The molecule has 3 aliphatic carbocycles. The van der Waals surface area contributed by atoms with E-state index >= 15 is 0 Å². The number of amides is 1. The number of nitrogens with one attached hydrogen (secondary N) is 1. The van der Waals surface area contributed by atoms with Crippen LogP contribution in [0.4, 0.5) is 0 Å². The molecule has 3 aliphatic rings. The third kappa shape index (κ3) is 5.75. The SMILES string of the molecule is C=C[C@]1(C)C[C@@H](OC(=O)CSc2cccc(CNC(=O)[C@H](N)CO)c2)[C@]2(C)C(C)CCC3(CCC(=O)C32)[C@@H](C)[C@@H]1O. The summed E-state index contributed by atoms with van der Waals surface area (Å²) in [7, 11) is 0. The molecule has 3 fully saturated rings. The van der Waals surface area contributed by atoms with Crippen LogP contribution in [-0.2, 0) is 25.7 Å². The first-order chi connectivity index (χ1) is 19.3. The van der Waals surface area contributed by atoms with Crippen LogP contribution in [0.5, 0.6) is 0 Å². The monoisotopic (exact) mass is 586 g/mol. The third-order valence-electron chi connectivity index (χ3n) is 10.8. The average Bonchev–Trinajstić information content (AvgIpc) is 3.32. The highest BCUT2D eigenvalue weighted by Gasteiger charge is 2.68. The molecule has 1 amide bonds. The molecule has 0 heterocycles. The number of benzene rings is 1. The van der Waals surface area contributed by atoms with Crippen molar-refractivity contribution >= 4 is 29.4 Å². The Balaban J connectivity index is 1.53. The second-order valence-electron chi connectivity index (χ2n) is 13.0. The van der Waals surface area contributed by atoms with E-state index in [1.54, 1.807) is 6.08 Å². The highest BCUT2D eigenvalue weighted by Crippen LogP contribution is 2.68. The standard InChI is InChI=1S/C32H46N2O6S/c1-6-30(4)15-25(31(5)19(2)10-12-32(20(3)28(30)38)13-11-24(36)27(31)32)40-26(37)18-41-22-9-7-8-21(14-22)16-34-29(39)23(33)17-35/h6-9,14,19-20,23,25,27-28,35,38H,1,10-13,15-18,33H2,2-5H3,(H,34,39)/t19?,20-,23+,25+,27?,28-,30+,31-,32?/m0/s1. The number of carbonyl (C=O) groups is 3. The quantitative estimate of drug-likeness (QED) is 0.196. The van der Waals surface area contributed by atoms with Crippen LogP contribution in [0.25, 0.3) is 0 Å². The number of carbonyl (C=O) groups excluding carboxylic acids is 3. The van der Waals surface area contributed by atoms with Crippen molar-refractivity contribution in [3.63, 3.8) is 0 Å². The Hall–Kier alpha value is -2.20. The van der Waals surface area contributed by atoms with Gasteiger partial charge in [0.15, 0.2) is 0 Å². The molecule has 0 aromatic heterocycles. The number of thioether (sulfide) groups is 1. The van der Waals surface area contributed by atoms with Crippen LogP contribution in [0.1, 0.15) is 65.4 Å². The van der Waals surface area contributed by atoms with Gasteiger partial charge in [0, 0.05) is 34.6 Å². The Kier molecular flexibility index (Phi) is 9.43. The molecule has 2 bridgehead atoms. The summed E-state index contributed by atoms with van der Waals surface area (Å²) >= 11 is 1.35. The predicted octanol–water partition coefficient (Wildman–Crippen LogP) is 3.62. The molecule has 9 heteroatoms. The smallest absolute Gasteiger partial charge is 0.316 e. The first kappa shape index (κ1) is 31.7. The van der Waals surface area contributed by atoms with Crippen molar-refractivity contribution in [3.05, 3.63) is 42.5 Å². The molecular formula is C32H46N2O6S. The zero-order chi connectivity index (χ0) is 30.2. The second kappa shape index (κ2) is 12.2. The number of Topliss-reactive ketones (excluding diaryl/α,β-unsaturated/α-hetero) is 1. The summed E-state index contributed by atoms with van der Waals surface area (Å²) in [5.41, 5.74) is 4.88. The Bertz CT molecular complexity index is 1180. The summed E-state index contributed by atoms with van der Waals surface area (Å²) in [6.45, 7) is 12.3. The van der Waals surface area contributed by atoms with Gasteiger partial charge in [-0.05, 0) is 60.6 Å². The molecule has 8 nitrogen and oxygen atoms in total. The number of ether oxygens (including phenoxy) is 1. The molecule has 3 saturated carbocycles. The number of aliphatic hydroxyl groups is 2. The van der Waals surface area contributed by atoms with E-state index in [-0.39, 0.29) is 47.2 Å². The number of hydrogen-bond donors (Lipinski definition) is 4. The van der Waals surface area contributed by atoms with Crippen molar-refractivity contribution < 1.29 is 29.3 Å². The van der Waals surface area contributed by atoms with E-state index in [9.17, 15) is 19.5 Å². The van der Waals surface area contributed by atoms with Gasteiger partial charge in [-0.3, -0.25) is 14.4 Å². The van der Waals surface area contributed by atoms with Crippen LogP contribution in [0.3, 0.4) is 0 Å². The fourth-order valence-corrected chi connectivity index (χ4v) is 8.75. The Morgan fingerprint density at radius 2 is 2.02 bits per heavy atom. The number of nitrogens with two attached hydrogens (primary N) is 1. The number of hydrogen-bond acceptors (Lipinski definition) is 8. The summed E-state index contributed by atoms with van der Waals surface area (Å²) in [6, 6.07) is 6.52. The molecule has 5 N–H and O–H groups in total. The minimum Gasteiger partial charge on any atom is -0.461 e. The summed E-state index contributed by atoms with van der Waals surface area (Å²) in [4.78, 5) is 39.7. The minimum atomic E-state index is -0.971. The number of aliphatic hydroxyl groups excluding tert-OH is 2. The molecule has 0 spiro atoms. The van der Waals surface area contributed by atoms with Gasteiger partial charge in [-0.15, -0.1) is 18.3 Å². The van der Waals surface area contributed by atoms with E-state index in [1.165, 1.54) is 11.8 Å². The average molecular weight is 587 g/mol. The maximum absolute atomic E-state index is 13.5. The van der Waals surface area contributed by atoms with E-state index in [0.717, 1.165) is 29.7 Å². The maximum Gasteiger partial charge on any atom is 0.316 e. The van der Waals surface area contributed by atoms with E-state index in [2.05, 4.69) is 32.7 Å². The third-order valence-corrected chi connectivity index (χ3v) is 11.8. The van der Waals surface area contributed by atoms with Gasteiger partial charge in [-0.2, -0.15) is 0 Å². The van der Waals surface area contributed by atoms with Crippen LogP contribution in [-0.4, -0.2) is 58.5 Å². The summed E-state index contributed by atoms with van der Waals surface area (Å²) in [6.07, 6.45) is 4.07. The predicted molar refractivity (Wildman–Crippen MR) is 159 cm³/mol. The molecule has 0 saturated heterocycles. The molecule has 1 aromatic carbocycles. The topological polar surface area (TPSA) is 139 Å². The Labute approximate surface area is 247 Å². The lowest BCUT2D eigenvalue weighted by molar-refractivity contribution is -0.205. The maximum atomic E-state index is 13.5. The van der Waals surface area contributed by atoms with Gasteiger partial charge in [0.25, 0.3) is 0 Å². The highest BCUT2D eigenvalue weighted by molar-refractivity contribution is 8.00. The zero-order valence-corrected chi connectivity index (χ0v) is 25.5. The van der Waals surface area contributed by atoms with Crippen molar-refractivity contribution in [2.45, 2.75) is 89.5 Å².